The normalized spacial score (nSPS) is 14.0. The highest BCUT2D eigenvalue weighted by molar-refractivity contribution is 7.89. The monoisotopic (exact) mass is 423 g/mol. The first-order chi connectivity index (χ1) is 12.5. The van der Waals surface area contributed by atoms with E-state index in [-0.39, 0.29) is 17.4 Å². The molecule has 0 aliphatic rings. The highest BCUT2D eigenvalue weighted by Crippen LogP contribution is 2.37. The number of hydrogen-bond donors (Lipinski definition) is 4. The zero-order valence-corrected chi connectivity index (χ0v) is 17.4. The molecule has 1 atom stereocenters. The van der Waals surface area contributed by atoms with E-state index in [1.807, 2.05) is 13.8 Å². The number of benzene rings is 1. The summed E-state index contributed by atoms with van der Waals surface area (Å²) in [5.41, 5.74) is 11.6. The molecule has 0 aliphatic carbocycles. The summed E-state index contributed by atoms with van der Waals surface area (Å²) in [4.78, 5) is 18.1. The van der Waals surface area contributed by atoms with E-state index in [1.54, 1.807) is 0 Å². The molecule has 1 aromatic carbocycles. The zero-order valence-electron chi connectivity index (χ0n) is 15.7. The van der Waals surface area contributed by atoms with Gasteiger partial charge in [0.2, 0.25) is 10.0 Å². The van der Waals surface area contributed by atoms with Crippen LogP contribution in [-0.4, -0.2) is 48.2 Å². The third kappa shape index (κ3) is 8.27. The minimum Gasteiger partial charge on any atom is -0.399 e. The number of nitrogens with zero attached hydrogens (tertiary/aromatic N) is 1. The Morgan fingerprint density at radius 2 is 1.78 bits per heavy atom. The van der Waals surface area contributed by atoms with Gasteiger partial charge in [-0.05, 0) is 49.6 Å². The summed E-state index contributed by atoms with van der Waals surface area (Å²) in [6.07, 6.45) is 1.65. The predicted octanol–water partition coefficient (Wildman–Crippen LogP) is 1.52. The van der Waals surface area contributed by atoms with Gasteiger partial charge in [-0.1, -0.05) is 20.3 Å². The first-order valence-corrected chi connectivity index (χ1v) is 11.7. The van der Waals surface area contributed by atoms with E-state index in [0.717, 1.165) is 0 Å². The van der Waals surface area contributed by atoms with Crippen molar-refractivity contribution in [3.05, 3.63) is 24.3 Å². The number of anilines is 1. The summed E-state index contributed by atoms with van der Waals surface area (Å²) in [7, 11) is -8.63. The van der Waals surface area contributed by atoms with E-state index < -0.39 is 30.5 Å². The van der Waals surface area contributed by atoms with Gasteiger partial charge in [0.15, 0.2) is 0 Å². The standard InChI is InChI=1S/C16H30N3O6PS/c1-13(2)11-19(27(23,24)16-8-6-14(18)7-9-16)15(5-3-4-10-17)12-25-26(20,21)22/h6-9,13,15H,3-5,10-12,17-18H2,1-2H3,(H2,20,21,22)/t15-/m0/s1. The van der Waals surface area contributed by atoms with Gasteiger partial charge in [-0.15, -0.1) is 0 Å². The molecular formula is C16H30N3O6PS. The molecule has 0 radical (unpaired) electrons. The van der Waals surface area contributed by atoms with Crippen molar-refractivity contribution in [3.63, 3.8) is 0 Å². The molecule has 0 aromatic heterocycles. The van der Waals surface area contributed by atoms with Crippen LogP contribution in [0.2, 0.25) is 0 Å². The van der Waals surface area contributed by atoms with Gasteiger partial charge in [0.1, 0.15) is 0 Å². The number of rotatable bonds is 12. The van der Waals surface area contributed by atoms with Crippen molar-refractivity contribution in [3.8, 4) is 0 Å². The van der Waals surface area contributed by atoms with Crippen molar-refractivity contribution >= 4 is 23.5 Å². The SMILES string of the molecule is CC(C)CN([C@@H](CCCCN)COP(=O)(O)O)S(=O)(=O)c1ccc(N)cc1. The molecule has 0 saturated carbocycles. The maximum Gasteiger partial charge on any atom is 0.469 e. The summed E-state index contributed by atoms with van der Waals surface area (Å²) in [5, 5.41) is 0. The lowest BCUT2D eigenvalue weighted by Crippen LogP contribution is -2.44. The Balaban J connectivity index is 3.21. The number of phosphoric ester groups is 1. The summed E-state index contributed by atoms with van der Waals surface area (Å²) in [6, 6.07) is 5.10. The Labute approximate surface area is 161 Å². The van der Waals surface area contributed by atoms with Gasteiger partial charge >= 0.3 is 7.82 Å². The highest BCUT2D eigenvalue weighted by Gasteiger charge is 2.33. The third-order valence-corrected chi connectivity index (χ3v) is 6.28. The molecular weight excluding hydrogens is 393 g/mol. The van der Waals surface area contributed by atoms with Crippen LogP contribution >= 0.6 is 7.82 Å². The van der Waals surface area contributed by atoms with Gasteiger partial charge in [0.05, 0.1) is 11.5 Å². The molecule has 9 nitrogen and oxygen atoms in total. The van der Waals surface area contributed by atoms with Crippen LogP contribution in [0.25, 0.3) is 0 Å². The smallest absolute Gasteiger partial charge is 0.399 e. The molecule has 0 spiro atoms. The van der Waals surface area contributed by atoms with E-state index in [2.05, 4.69) is 4.52 Å². The predicted molar refractivity (Wildman–Crippen MR) is 104 cm³/mol. The van der Waals surface area contributed by atoms with Gasteiger partial charge in [-0.25, -0.2) is 13.0 Å². The quantitative estimate of drug-likeness (QED) is 0.224. The molecule has 0 bridgehead atoms. The van der Waals surface area contributed by atoms with Crippen LogP contribution in [0.15, 0.2) is 29.2 Å². The number of unbranched alkanes of at least 4 members (excludes halogenated alkanes) is 1. The second kappa shape index (κ2) is 10.5. The summed E-state index contributed by atoms with van der Waals surface area (Å²) in [5.74, 6) is 0.000577. The van der Waals surface area contributed by atoms with Crippen LogP contribution < -0.4 is 11.5 Å². The Bertz CT molecular complexity index is 720. The number of hydrogen-bond acceptors (Lipinski definition) is 6. The molecule has 0 unspecified atom stereocenters. The number of nitrogens with two attached hydrogens (primary N) is 2. The molecule has 0 amide bonds. The van der Waals surface area contributed by atoms with Gasteiger partial charge in [-0.3, -0.25) is 4.52 Å². The summed E-state index contributed by atoms with van der Waals surface area (Å²) in [6.45, 7) is 3.96. The van der Waals surface area contributed by atoms with E-state index in [4.69, 9.17) is 21.3 Å². The molecule has 6 N–H and O–H groups in total. The van der Waals surface area contributed by atoms with Gasteiger partial charge in [-0.2, -0.15) is 4.31 Å². The fraction of sp³-hybridized carbons (Fsp3) is 0.625. The maximum absolute atomic E-state index is 13.2. The Morgan fingerprint density at radius 3 is 2.26 bits per heavy atom. The number of sulfonamides is 1. The van der Waals surface area contributed by atoms with Crippen LogP contribution in [0.1, 0.15) is 33.1 Å². The van der Waals surface area contributed by atoms with Crippen LogP contribution in [0.5, 0.6) is 0 Å². The minimum absolute atomic E-state index is 0.000577. The number of nitrogen functional groups attached to an aromatic ring is 1. The van der Waals surface area contributed by atoms with E-state index in [9.17, 15) is 13.0 Å². The largest absolute Gasteiger partial charge is 0.469 e. The first-order valence-electron chi connectivity index (χ1n) is 8.75. The van der Waals surface area contributed by atoms with Crippen LogP contribution in [0.4, 0.5) is 5.69 Å². The summed E-state index contributed by atoms with van der Waals surface area (Å²) >= 11 is 0. The van der Waals surface area contributed by atoms with Crippen LogP contribution in [0.3, 0.4) is 0 Å². The van der Waals surface area contributed by atoms with Gasteiger partial charge in [0.25, 0.3) is 0 Å². The maximum atomic E-state index is 13.2. The Morgan fingerprint density at radius 1 is 1.19 bits per heavy atom. The van der Waals surface area contributed by atoms with E-state index in [1.165, 1.54) is 28.6 Å². The molecule has 0 heterocycles. The second-order valence-corrected chi connectivity index (χ2v) is 9.89. The average Bonchev–Trinajstić information content (AvgIpc) is 2.55. The zero-order chi connectivity index (χ0) is 20.7. The molecule has 0 fully saturated rings. The Hall–Kier alpha value is -1.00. The second-order valence-electron chi connectivity index (χ2n) is 6.76. The van der Waals surface area contributed by atoms with Crippen molar-refractivity contribution in [1.29, 1.82) is 0 Å². The lowest BCUT2D eigenvalue weighted by molar-refractivity contribution is 0.140. The molecule has 11 heteroatoms. The van der Waals surface area contributed by atoms with Crippen LogP contribution in [0, 0.1) is 5.92 Å². The molecule has 0 saturated heterocycles. The lowest BCUT2D eigenvalue weighted by Gasteiger charge is -2.32. The fourth-order valence-electron chi connectivity index (χ4n) is 2.60. The van der Waals surface area contributed by atoms with Crippen molar-refractivity contribution in [2.75, 3.05) is 25.4 Å². The molecule has 1 rings (SSSR count). The average molecular weight is 423 g/mol. The first kappa shape index (κ1) is 24.0. The Kier molecular flexibility index (Phi) is 9.36. The topological polar surface area (TPSA) is 156 Å². The third-order valence-electron chi connectivity index (χ3n) is 3.87. The van der Waals surface area contributed by atoms with Crippen molar-refractivity contribution in [2.45, 2.75) is 44.0 Å². The van der Waals surface area contributed by atoms with Gasteiger partial charge in [0, 0.05) is 18.3 Å². The fourth-order valence-corrected chi connectivity index (χ4v) is 4.77. The van der Waals surface area contributed by atoms with Crippen molar-refractivity contribution in [2.24, 2.45) is 11.7 Å². The molecule has 1 aromatic rings. The van der Waals surface area contributed by atoms with Gasteiger partial charge < -0.3 is 21.3 Å². The van der Waals surface area contributed by atoms with E-state index in [0.29, 0.717) is 31.5 Å². The lowest BCUT2D eigenvalue weighted by atomic mass is 10.1. The van der Waals surface area contributed by atoms with Crippen LogP contribution in [-0.2, 0) is 19.1 Å². The summed E-state index contributed by atoms with van der Waals surface area (Å²) < 4.78 is 43.4. The van der Waals surface area contributed by atoms with Crippen molar-refractivity contribution in [1.82, 2.24) is 4.31 Å². The van der Waals surface area contributed by atoms with Crippen molar-refractivity contribution < 1.29 is 27.3 Å². The molecule has 0 aliphatic heterocycles. The molecule has 156 valence electrons. The number of phosphoric acid groups is 1. The molecule has 27 heavy (non-hydrogen) atoms. The van der Waals surface area contributed by atoms with E-state index >= 15 is 0 Å². The minimum atomic E-state index is -4.73. The highest BCUT2D eigenvalue weighted by atomic mass is 32.2.